The first-order chi connectivity index (χ1) is 17.9. The summed E-state index contributed by atoms with van der Waals surface area (Å²) in [5.41, 5.74) is 8.44. The molecule has 4 rings (SSSR count). The minimum atomic E-state index is -1.08. The molecule has 0 fully saturated rings. The van der Waals surface area contributed by atoms with Crippen molar-refractivity contribution in [3.05, 3.63) is 77.3 Å². The molecule has 0 bridgehead atoms. The number of benzene rings is 3. The number of nitrogens with zero attached hydrogens (tertiary/aromatic N) is 1. The van der Waals surface area contributed by atoms with E-state index in [-0.39, 0.29) is 12.3 Å². The van der Waals surface area contributed by atoms with E-state index >= 15 is 0 Å². The van der Waals surface area contributed by atoms with Gasteiger partial charge in [0.2, 0.25) is 5.91 Å². The highest BCUT2D eigenvalue weighted by atomic mass is 32.2. The van der Waals surface area contributed by atoms with E-state index in [0.717, 1.165) is 16.3 Å². The number of nitrogen functional groups attached to an aromatic ring is 1. The lowest BCUT2D eigenvalue weighted by atomic mass is 9.93. The Morgan fingerprint density at radius 1 is 1.08 bits per heavy atom. The van der Waals surface area contributed by atoms with Gasteiger partial charge in [0.25, 0.3) is 5.91 Å². The van der Waals surface area contributed by atoms with Crippen LogP contribution in [0.3, 0.4) is 0 Å². The number of nitrogens with two attached hydrogens (primary N) is 1. The van der Waals surface area contributed by atoms with E-state index in [9.17, 15) is 19.5 Å². The summed E-state index contributed by atoms with van der Waals surface area (Å²) in [5, 5.41) is 19.2. The summed E-state index contributed by atoms with van der Waals surface area (Å²) in [5.74, 6) is -1.24. The van der Waals surface area contributed by atoms with Crippen molar-refractivity contribution in [3.8, 4) is 11.1 Å². The second kappa shape index (κ2) is 11.9. The van der Waals surface area contributed by atoms with E-state index in [1.54, 1.807) is 23.6 Å². The summed E-state index contributed by atoms with van der Waals surface area (Å²) in [6.07, 6.45) is 2.26. The first-order valence-corrected chi connectivity index (χ1v) is 13.8. The quantitative estimate of drug-likeness (QED) is 0.232. The summed E-state index contributed by atoms with van der Waals surface area (Å²) in [7, 11) is 0. The van der Waals surface area contributed by atoms with Gasteiger partial charge in [-0.2, -0.15) is 11.8 Å². The van der Waals surface area contributed by atoms with Crippen molar-refractivity contribution in [2.24, 2.45) is 0 Å². The van der Waals surface area contributed by atoms with Gasteiger partial charge >= 0.3 is 5.97 Å². The van der Waals surface area contributed by atoms with E-state index in [1.807, 2.05) is 48.7 Å². The maximum Gasteiger partial charge on any atom is 0.326 e. The topological polar surface area (TPSA) is 134 Å². The van der Waals surface area contributed by atoms with Crippen molar-refractivity contribution >= 4 is 62.5 Å². The number of carboxylic acids is 1. The highest BCUT2D eigenvalue weighted by Gasteiger charge is 2.23. The number of aromatic nitrogens is 1. The number of carbonyl (C=O) groups is 3. The van der Waals surface area contributed by atoms with Crippen LogP contribution in [0.25, 0.3) is 21.9 Å². The third-order valence-corrected chi connectivity index (χ3v) is 7.12. The fourth-order valence-corrected chi connectivity index (χ4v) is 5.04. The number of thiazole rings is 1. The third-order valence-electron chi connectivity index (χ3n) is 5.75. The van der Waals surface area contributed by atoms with Crippen LogP contribution in [0.2, 0.25) is 0 Å². The van der Waals surface area contributed by atoms with Crippen LogP contribution in [-0.2, 0) is 16.0 Å². The van der Waals surface area contributed by atoms with E-state index in [2.05, 4.69) is 15.6 Å². The average Bonchev–Trinajstić information content (AvgIpc) is 3.29. The lowest BCUT2D eigenvalue weighted by Crippen LogP contribution is -2.41. The molecule has 4 aromatic rings. The number of fused-ring (bicyclic) bond motifs is 1. The number of carboxylic acid groups (broad SMARTS) is 1. The molecule has 0 radical (unpaired) electrons. The van der Waals surface area contributed by atoms with E-state index < -0.39 is 17.9 Å². The largest absolute Gasteiger partial charge is 0.480 e. The molecule has 5 N–H and O–H groups in total. The van der Waals surface area contributed by atoms with Crippen LogP contribution < -0.4 is 16.4 Å². The minimum absolute atomic E-state index is 0.0648. The van der Waals surface area contributed by atoms with Crippen LogP contribution in [0.4, 0.5) is 10.8 Å². The van der Waals surface area contributed by atoms with Crippen LogP contribution in [0.15, 0.2) is 66.0 Å². The first-order valence-electron chi connectivity index (χ1n) is 11.5. The molecule has 3 aromatic carbocycles. The van der Waals surface area contributed by atoms with E-state index in [4.69, 9.17) is 5.73 Å². The summed E-state index contributed by atoms with van der Waals surface area (Å²) < 4.78 is 0. The van der Waals surface area contributed by atoms with Gasteiger partial charge in [0.1, 0.15) is 6.04 Å². The molecule has 190 valence electrons. The van der Waals surface area contributed by atoms with Gasteiger partial charge in [-0.1, -0.05) is 42.5 Å². The van der Waals surface area contributed by atoms with Crippen molar-refractivity contribution in [1.82, 2.24) is 10.3 Å². The SMILES string of the molecule is CSCC[C@H](NC(=O)c1ccc(NC(=O)Cc2csc(N)n2)cc1-c1cccc2ccccc12)C(=O)O. The van der Waals surface area contributed by atoms with Crippen molar-refractivity contribution in [2.75, 3.05) is 23.1 Å². The standard InChI is InChI=1S/C27H26N4O4S2/c1-36-12-11-23(26(34)35)31-25(33)21-10-9-17(29-24(32)14-18-15-37-27(28)30-18)13-22(21)20-8-4-6-16-5-2-3-7-19(16)20/h2-10,13,15,23H,11-12,14H2,1H3,(H2,28,30)(H,29,32)(H,31,33)(H,34,35)/t23-/m0/s1. The summed E-state index contributed by atoms with van der Waals surface area (Å²) in [4.78, 5) is 41.9. The molecule has 0 aliphatic carbocycles. The second-order valence-corrected chi connectivity index (χ2v) is 10.2. The lowest BCUT2D eigenvalue weighted by molar-refractivity contribution is -0.139. The molecular weight excluding hydrogens is 508 g/mol. The highest BCUT2D eigenvalue weighted by Crippen LogP contribution is 2.33. The fourth-order valence-electron chi connectivity index (χ4n) is 4.01. The van der Waals surface area contributed by atoms with Gasteiger partial charge in [0.15, 0.2) is 5.13 Å². The molecule has 1 heterocycles. The molecule has 0 spiro atoms. The fraction of sp³-hybridized carbons (Fsp3) is 0.185. The zero-order valence-electron chi connectivity index (χ0n) is 20.1. The molecule has 10 heteroatoms. The molecule has 0 aliphatic rings. The summed E-state index contributed by atoms with van der Waals surface area (Å²) in [6, 6.07) is 17.5. The predicted molar refractivity (Wildman–Crippen MR) is 150 cm³/mol. The first kappa shape index (κ1) is 26.2. The number of amides is 2. The van der Waals surface area contributed by atoms with Gasteiger partial charge in [0.05, 0.1) is 12.1 Å². The maximum absolute atomic E-state index is 13.3. The van der Waals surface area contributed by atoms with Crippen molar-refractivity contribution in [3.63, 3.8) is 0 Å². The van der Waals surface area contributed by atoms with E-state index in [0.29, 0.717) is 39.8 Å². The Labute approximate surface area is 222 Å². The number of anilines is 2. The van der Waals surface area contributed by atoms with Gasteiger partial charge in [0, 0.05) is 16.6 Å². The van der Waals surface area contributed by atoms with Crippen molar-refractivity contribution < 1.29 is 19.5 Å². The zero-order chi connectivity index (χ0) is 26.4. The molecule has 0 saturated carbocycles. The van der Waals surface area contributed by atoms with Crippen LogP contribution in [-0.4, -0.2) is 45.9 Å². The third kappa shape index (κ3) is 6.46. The van der Waals surface area contributed by atoms with Gasteiger partial charge in [-0.25, -0.2) is 9.78 Å². The van der Waals surface area contributed by atoms with Gasteiger partial charge in [-0.15, -0.1) is 11.3 Å². The van der Waals surface area contributed by atoms with Crippen LogP contribution in [0.1, 0.15) is 22.5 Å². The smallest absolute Gasteiger partial charge is 0.326 e. The average molecular weight is 535 g/mol. The van der Waals surface area contributed by atoms with Crippen LogP contribution in [0, 0.1) is 0 Å². The number of thioether (sulfide) groups is 1. The Hall–Kier alpha value is -3.89. The normalized spacial score (nSPS) is 11.7. The molecule has 2 amide bonds. The highest BCUT2D eigenvalue weighted by molar-refractivity contribution is 7.98. The number of carbonyl (C=O) groups excluding carboxylic acids is 2. The van der Waals surface area contributed by atoms with Crippen LogP contribution in [0.5, 0.6) is 0 Å². The summed E-state index contributed by atoms with van der Waals surface area (Å²) in [6.45, 7) is 0. The van der Waals surface area contributed by atoms with Crippen molar-refractivity contribution in [2.45, 2.75) is 18.9 Å². The molecule has 37 heavy (non-hydrogen) atoms. The van der Waals surface area contributed by atoms with Gasteiger partial charge in [-0.05, 0) is 58.5 Å². The maximum atomic E-state index is 13.3. The Bertz CT molecular complexity index is 1450. The molecule has 0 aliphatic heterocycles. The number of rotatable bonds is 10. The minimum Gasteiger partial charge on any atom is -0.480 e. The molecule has 1 aromatic heterocycles. The van der Waals surface area contributed by atoms with Gasteiger partial charge < -0.3 is 21.5 Å². The van der Waals surface area contributed by atoms with Crippen LogP contribution >= 0.6 is 23.1 Å². The second-order valence-electron chi connectivity index (χ2n) is 8.33. The number of aliphatic carboxylic acids is 1. The van der Waals surface area contributed by atoms with Gasteiger partial charge in [-0.3, -0.25) is 9.59 Å². The Morgan fingerprint density at radius 3 is 2.59 bits per heavy atom. The molecule has 8 nitrogen and oxygen atoms in total. The number of nitrogens with one attached hydrogen (secondary N) is 2. The number of hydrogen-bond donors (Lipinski definition) is 4. The molecular formula is C27H26N4O4S2. The molecule has 0 unspecified atom stereocenters. The van der Waals surface area contributed by atoms with E-state index in [1.165, 1.54) is 23.1 Å². The molecule has 0 saturated heterocycles. The zero-order valence-corrected chi connectivity index (χ0v) is 21.7. The molecule has 1 atom stereocenters. The Balaban J connectivity index is 1.70. The number of hydrogen-bond acceptors (Lipinski definition) is 7. The van der Waals surface area contributed by atoms with Crippen molar-refractivity contribution in [1.29, 1.82) is 0 Å². The summed E-state index contributed by atoms with van der Waals surface area (Å²) >= 11 is 2.78. The Morgan fingerprint density at radius 2 is 1.86 bits per heavy atom. The Kier molecular flexibility index (Phi) is 8.42. The predicted octanol–water partition coefficient (Wildman–Crippen LogP) is 4.66. The lowest BCUT2D eigenvalue weighted by Gasteiger charge is -2.18. The monoisotopic (exact) mass is 534 g/mol.